The molecule has 4 N–H and O–H groups in total. The van der Waals surface area contributed by atoms with Gasteiger partial charge in [-0.3, -0.25) is 0 Å². The minimum atomic E-state index is -3.68. The van der Waals surface area contributed by atoms with Crippen molar-refractivity contribution in [3.8, 4) is 0 Å². The molecule has 6 nitrogen and oxygen atoms in total. The molecule has 0 saturated heterocycles. The SMILES string of the molecule is CC(C)NC(=O)NC(C)c1ccc(S(N)(=O)=O)cc1. The molecule has 1 rings (SSSR count). The molecule has 1 atom stereocenters. The van der Waals surface area contributed by atoms with Crippen LogP contribution < -0.4 is 15.8 Å². The summed E-state index contributed by atoms with van der Waals surface area (Å²) in [6, 6.07) is 5.65. The lowest BCUT2D eigenvalue weighted by Crippen LogP contribution is -2.40. The quantitative estimate of drug-likeness (QED) is 0.772. The van der Waals surface area contributed by atoms with Crippen LogP contribution in [0.15, 0.2) is 29.2 Å². The van der Waals surface area contributed by atoms with E-state index in [1.165, 1.54) is 12.1 Å². The highest BCUT2D eigenvalue weighted by molar-refractivity contribution is 7.89. The average molecular weight is 285 g/mol. The number of benzene rings is 1. The molecule has 7 heteroatoms. The monoisotopic (exact) mass is 285 g/mol. The Hall–Kier alpha value is -1.60. The Morgan fingerprint density at radius 3 is 2.05 bits per heavy atom. The second-order valence-corrected chi connectivity index (χ2v) is 6.17. The molecule has 0 radical (unpaired) electrons. The Morgan fingerprint density at radius 2 is 1.63 bits per heavy atom. The van der Waals surface area contributed by atoms with Crippen molar-refractivity contribution >= 4 is 16.1 Å². The molecule has 0 heterocycles. The van der Waals surface area contributed by atoms with Gasteiger partial charge < -0.3 is 10.6 Å². The number of primary sulfonamides is 1. The molecule has 1 unspecified atom stereocenters. The van der Waals surface area contributed by atoms with Gasteiger partial charge in [0.1, 0.15) is 0 Å². The van der Waals surface area contributed by atoms with Crippen LogP contribution in [0, 0.1) is 0 Å². The number of nitrogens with two attached hydrogens (primary N) is 1. The highest BCUT2D eigenvalue weighted by atomic mass is 32.2. The maximum absolute atomic E-state index is 11.5. The molecule has 2 amide bonds. The first kappa shape index (κ1) is 15.5. The van der Waals surface area contributed by atoms with Gasteiger partial charge in [-0.2, -0.15) is 0 Å². The largest absolute Gasteiger partial charge is 0.336 e. The van der Waals surface area contributed by atoms with E-state index in [1.54, 1.807) is 12.1 Å². The first-order valence-corrected chi connectivity index (χ1v) is 7.44. The van der Waals surface area contributed by atoms with Gasteiger partial charge >= 0.3 is 6.03 Å². The summed E-state index contributed by atoms with van der Waals surface area (Å²) in [5.74, 6) is 0. The first-order valence-electron chi connectivity index (χ1n) is 5.90. The van der Waals surface area contributed by atoms with E-state index < -0.39 is 10.0 Å². The van der Waals surface area contributed by atoms with E-state index in [0.29, 0.717) is 0 Å². The molecular formula is C12H19N3O3S. The number of sulfonamides is 1. The number of hydrogen-bond acceptors (Lipinski definition) is 3. The number of rotatable bonds is 4. The lowest BCUT2D eigenvalue weighted by molar-refractivity contribution is 0.235. The first-order chi connectivity index (χ1) is 8.70. The van der Waals surface area contributed by atoms with Crippen LogP contribution in [0.25, 0.3) is 0 Å². The standard InChI is InChI=1S/C12H19N3O3S/c1-8(2)14-12(16)15-9(3)10-4-6-11(7-5-10)19(13,17)18/h4-9H,1-3H3,(H2,13,17,18)(H2,14,15,16). The molecule has 0 fully saturated rings. The van der Waals surface area contributed by atoms with E-state index in [4.69, 9.17) is 5.14 Å². The molecule has 106 valence electrons. The Kier molecular flexibility index (Phi) is 4.90. The molecule has 0 bridgehead atoms. The van der Waals surface area contributed by atoms with Crippen LogP contribution in [0.2, 0.25) is 0 Å². The van der Waals surface area contributed by atoms with Gasteiger partial charge in [0.2, 0.25) is 10.0 Å². The Balaban J connectivity index is 2.73. The smallest absolute Gasteiger partial charge is 0.315 e. The second kappa shape index (κ2) is 6.03. The number of hydrogen-bond donors (Lipinski definition) is 3. The predicted octanol–water partition coefficient (Wildman–Crippen LogP) is 1.10. The topological polar surface area (TPSA) is 101 Å². The van der Waals surface area contributed by atoms with Crippen molar-refractivity contribution in [2.24, 2.45) is 5.14 Å². The van der Waals surface area contributed by atoms with E-state index >= 15 is 0 Å². The van der Waals surface area contributed by atoms with Crippen LogP contribution in [0.3, 0.4) is 0 Å². The highest BCUT2D eigenvalue weighted by Crippen LogP contribution is 2.15. The lowest BCUT2D eigenvalue weighted by atomic mass is 10.1. The van der Waals surface area contributed by atoms with Crippen LogP contribution in [0.1, 0.15) is 32.4 Å². The van der Waals surface area contributed by atoms with E-state index in [-0.39, 0.29) is 23.0 Å². The minimum Gasteiger partial charge on any atom is -0.336 e. The van der Waals surface area contributed by atoms with Crippen LogP contribution >= 0.6 is 0 Å². The van der Waals surface area contributed by atoms with E-state index in [0.717, 1.165) is 5.56 Å². The summed E-state index contributed by atoms with van der Waals surface area (Å²) in [5, 5.41) is 10.5. The van der Waals surface area contributed by atoms with Crippen LogP contribution in [-0.2, 0) is 10.0 Å². The third-order valence-corrected chi connectivity index (χ3v) is 3.41. The maximum atomic E-state index is 11.5. The van der Waals surface area contributed by atoms with Gasteiger partial charge in [0.05, 0.1) is 10.9 Å². The highest BCUT2D eigenvalue weighted by Gasteiger charge is 2.12. The third kappa shape index (κ3) is 4.88. The molecular weight excluding hydrogens is 266 g/mol. The summed E-state index contributed by atoms with van der Waals surface area (Å²) < 4.78 is 22.2. The zero-order valence-electron chi connectivity index (χ0n) is 11.2. The number of nitrogens with one attached hydrogen (secondary N) is 2. The molecule has 0 aromatic heterocycles. The number of urea groups is 1. The summed E-state index contributed by atoms with van der Waals surface area (Å²) >= 11 is 0. The molecule has 0 aliphatic carbocycles. The minimum absolute atomic E-state index is 0.0510. The molecule has 0 spiro atoms. The van der Waals surface area contributed by atoms with Gasteiger partial charge in [-0.1, -0.05) is 12.1 Å². The van der Waals surface area contributed by atoms with Crippen molar-refractivity contribution < 1.29 is 13.2 Å². The molecule has 1 aromatic rings. The Labute approximate surface area is 113 Å². The fourth-order valence-corrected chi connectivity index (χ4v) is 2.05. The van der Waals surface area contributed by atoms with Crippen LogP contribution in [0.4, 0.5) is 4.79 Å². The maximum Gasteiger partial charge on any atom is 0.315 e. The van der Waals surface area contributed by atoms with Gasteiger partial charge in [-0.25, -0.2) is 18.4 Å². The van der Waals surface area contributed by atoms with Crippen molar-refractivity contribution in [2.75, 3.05) is 0 Å². The summed E-state index contributed by atoms with van der Waals surface area (Å²) in [5.41, 5.74) is 0.798. The zero-order chi connectivity index (χ0) is 14.6. The molecule has 1 aromatic carbocycles. The Morgan fingerprint density at radius 1 is 1.11 bits per heavy atom. The van der Waals surface area contributed by atoms with Crippen molar-refractivity contribution in [3.05, 3.63) is 29.8 Å². The predicted molar refractivity (Wildman–Crippen MR) is 73.0 cm³/mol. The van der Waals surface area contributed by atoms with Crippen LogP contribution in [-0.4, -0.2) is 20.5 Å². The average Bonchev–Trinajstić information content (AvgIpc) is 2.26. The van der Waals surface area contributed by atoms with Gasteiger partial charge in [-0.05, 0) is 38.5 Å². The normalized spacial score (nSPS) is 13.1. The summed E-state index contributed by atoms with van der Waals surface area (Å²) in [7, 11) is -3.68. The number of amides is 2. The molecule has 19 heavy (non-hydrogen) atoms. The molecule has 0 aliphatic heterocycles. The lowest BCUT2D eigenvalue weighted by Gasteiger charge is -2.16. The van der Waals surface area contributed by atoms with E-state index in [2.05, 4.69) is 10.6 Å². The van der Waals surface area contributed by atoms with Gasteiger partial charge in [0.15, 0.2) is 0 Å². The third-order valence-electron chi connectivity index (χ3n) is 2.48. The van der Waals surface area contributed by atoms with Crippen molar-refractivity contribution in [3.63, 3.8) is 0 Å². The second-order valence-electron chi connectivity index (χ2n) is 4.61. The molecule has 0 aliphatic rings. The number of carbonyl (C=O) groups is 1. The Bertz CT molecular complexity index is 538. The number of carbonyl (C=O) groups excluding carboxylic acids is 1. The zero-order valence-corrected chi connectivity index (χ0v) is 12.0. The van der Waals surface area contributed by atoms with Gasteiger partial charge in [-0.15, -0.1) is 0 Å². The van der Waals surface area contributed by atoms with E-state index in [1.807, 2.05) is 20.8 Å². The fourth-order valence-electron chi connectivity index (χ4n) is 1.53. The summed E-state index contributed by atoms with van der Waals surface area (Å²) in [6.45, 7) is 5.54. The summed E-state index contributed by atoms with van der Waals surface area (Å²) in [4.78, 5) is 11.6. The van der Waals surface area contributed by atoms with Crippen molar-refractivity contribution in [1.29, 1.82) is 0 Å². The van der Waals surface area contributed by atoms with Crippen molar-refractivity contribution in [1.82, 2.24) is 10.6 Å². The van der Waals surface area contributed by atoms with Crippen LogP contribution in [0.5, 0.6) is 0 Å². The van der Waals surface area contributed by atoms with Gasteiger partial charge in [0, 0.05) is 6.04 Å². The fraction of sp³-hybridized carbons (Fsp3) is 0.417. The van der Waals surface area contributed by atoms with Crippen molar-refractivity contribution in [2.45, 2.75) is 37.8 Å². The van der Waals surface area contributed by atoms with Gasteiger partial charge in [0.25, 0.3) is 0 Å². The summed E-state index contributed by atoms with van der Waals surface area (Å²) in [6.07, 6.45) is 0. The van der Waals surface area contributed by atoms with E-state index in [9.17, 15) is 13.2 Å². The molecule has 0 saturated carbocycles.